The fourth-order valence-corrected chi connectivity index (χ4v) is 2.18. The van der Waals surface area contributed by atoms with Crippen molar-refractivity contribution in [2.75, 3.05) is 13.2 Å². The summed E-state index contributed by atoms with van der Waals surface area (Å²) in [5.41, 5.74) is 10.3. The van der Waals surface area contributed by atoms with E-state index >= 15 is 0 Å². The van der Waals surface area contributed by atoms with Gasteiger partial charge in [0.15, 0.2) is 0 Å². The number of carboxylic acids is 2. The molecule has 15 heteroatoms. The Bertz CT molecular complexity index is 686. The van der Waals surface area contributed by atoms with Crippen molar-refractivity contribution in [2.24, 2.45) is 11.5 Å². The van der Waals surface area contributed by atoms with Crippen LogP contribution in [0.4, 0.5) is 0 Å². The Morgan fingerprint density at radius 3 is 1.65 bits per heavy atom. The summed E-state index contributed by atoms with van der Waals surface area (Å²) in [6.45, 7) is -1.64. The standard InChI is InChI=1S/C16H27N5O10/c17-7(5-22)13(27)21-10(6-23)15(29)19-8(1-3-11(18)24)14(28)20-9(16(30)31)2-4-12(25)26/h7-10,22-23H,1-6,17H2,(H2,18,24)(H,19,29)(H,20,28)(H,21,27)(H,25,26)(H,30,31). The van der Waals surface area contributed by atoms with Crippen molar-refractivity contribution in [2.45, 2.75) is 49.9 Å². The smallest absolute Gasteiger partial charge is 0.326 e. The number of primary amides is 1. The number of nitrogens with one attached hydrogen (secondary N) is 3. The monoisotopic (exact) mass is 449 g/mol. The highest BCUT2D eigenvalue weighted by Gasteiger charge is 2.30. The lowest BCUT2D eigenvalue weighted by Crippen LogP contribution is -2.58. The summed E-state index contributed by atoms with van der Waals surface area (Å²) in [7, 11) is 0. The Hall–Kier alpha value is -3.30. The number of aliphatic carboxylic acids is 2. The van der Waals surface area contributed by atoms with Crippen LogP contribution in [-0.4, -0.2) is 93.4 Å². The highest BCUT2D eigenvalue weighted by molar-refractivity contribution is 5.94. The zero-order chi connectivity index (χ0) is 24.1. The normalized spacial score (nSPS) is 14.4. The molecule has 0 heterocycles. The lowest BCUT2D eigenvalue weighted by molar-refractivity contribution is -0.143. The van der Waals surface area contributed by atoms with E-state index in [1.165, 1.54) is 0 Å². The van der Waals surface area contributed by atoms with Gasteiger partial charge in [-0.05, 0) is 12.8 Å². The first-order valence-corrected chi connectivity index (χ1v) is 9.04. The van der Waals surface area contributed by atoms with Crippen molar-refractivity contribution in [1.82, 2.24) is 16.0 Å². The summed E-state index contributed by atoms with van der Waals surface area (Å²) in [5, 5.41) is 42.2. The molecule has 4 amide bonds. The maximum Gasteiger partial charge on any atom is 0.326 e. The first-order valence-electron chi connectivity index (χ1n) is 9.04. The zero-order valence-corrected chi connectivity index (χ0v) is 16.4. The Morgan fingerprint density at radius 1 is 0.710 bits per heavy atom. The highest BCUT2D eigenvalue weighted by atomic mass is 16.4. The number of aliphatic hydroxyl groups is 2. The topological polar surface area (TPSA) is 271 Å². The van der Waals surface area contributed by atoms with Gasteiger partial charge in [0.1, 0.15) is 24.2 Å². The van der Waals surface area contributed by atoms with E-state index in [1.807, 2.05) is 5.32 Å². The zero-order valence-electron chi connectivity index (χ0n) is 16.4. The molecule has 0 aliphatic carbocycles. The number of carbonyl (C=O) groups is 6. The summed E-state index contributed by atoms with van der Waals surface area (Å²) in [6.07, 6.45) is -1.72. The van der Waals surface area contributed by atoms with Gasteiger partial charge in [0.05, 0.1) is 13.2 Å². The Kier molecular flexibility index (Phi) is 12.4. The average Bonchev–Trinajstić information content (AvgIpc) is 2.70. The van der Waals surface area contributed by atoms with Gasteiger partial charge >= 0.3 is 11.9 Å². The molecule has 4 atom stereocenters. The molecule has 15 nitrogen and oxygen atoms in total. The summed E-state index contributed by atoms with van der Waals surface area (Å²) < 4.78 is 0. The number of hydrogen-bond donors (Lipinski definition) is 9. The largest absolute Gasteiger partial charge is 0.481 e. The van der Waals surface area contributed by atoms with E-state index in [4.69, 9.17) is 26.8 Å². The Balaban J connectivity index is 5.33. The second-order valence-corrected chi connectivity index (χ2v) is 6.43. The van der Waals surface area contributed by atoms with E-state index in [-0.39, 0.29) is 12.8 Å². The molecule has 0 aliphatic heterocycles. The number of amides is 4. The maximum absolute atomic E-state index is 12.4. The van der Waals surface area contributed by atoms with Crippen LogP contribution >= 0.6 is 0 Å². The number of carbonyl (C=O) groups excluding carboxylic acids is 4. The molecule has 0 fully saturated rings. The van der Waals surface area contributed by atoms with Crippen LogP contribution in [0.3, 0.4) is 0 Å². The molecule has 0 saturated carbocycles. The van der Waals surface area contributed by atoms with Gasteiger partial charge in [0.25, 0.3) is 0 Å². The lowest BCUT2D eigenvalue weighted by atomic mass is 10.1. The van der Waals surface area contributed by atoms with E-state index in [1.54, 1.807) is 0 Å². The van der Waals surface area contributed by atoms with E-state index < -0.39 is 85.8 Å². The summed E-state index contributed by atoms with van der Waals surface area (Å²) >= 11 is 0. The van der Waals surface area contributed by atoms with Crippen LogP contribution < -0.4 is 27.4 Å². The van der Waals surface area contributed by atoms with Crippen LogP contribution in [0.2, 0.25) is 0 Å². The molecule has 11 N–H and O–H groups in total. The van der Waals surface area contributed by atoms with Crippen molar-refractivity contribution in [3.63, 3.8) is 0 Å². The summed E-state index contributed by atoms with van der Waals surface area (Å²) in [5.74, 6) is -6.72. The van der Waals surface area contributed by atoms with Crippen molar-refractivity contribution in [1.29, 1.82) is 0 Å². The lowest BCUT2D eigenvalue weighted by Gasteiger charge is -2.24. The van der Waals surface area contributed by atoms with Gasteiger partial charge in [0.2, 0.25) is 23.6 Å². The van der Waals surface area contributed by atoms with Crippen molar-refractivity contribution in [3.05, 3.63) is 0 Å². The summed E-state index contributed by atoms with van der Waals surface area (Å²) in [4.78, 5) is 69.4. The van der Waals surface area contributed by atoms with Crippen molar-refractivity contribution >= 4 is 35.6 Å². The molecular formula is C16H27N5O10. The minimum absolute atomic E-state index is 0.347. The van der Waals surface area contributed by atoms with Crippen LogP contribution in [0.25, 0.3) is 0 Å². The number of nitrogens with two attached hydrogens (primary N) is 2. The van der Waals surface area contributed by atoms with Crippen molar-refractivity contribution < 1.29 is 49.2 Å². The van der Waals surface area contributed by atoms with Gasteiger partial charge in [-0.2, -0.15) is 0 Å². The number of carboxylic acid groups (broad SMARTS) is 2. The van der Waals surface area contributed by atoms with Gasteiger partial charge < -0.3 is 47.8 Å². The minimum atomic E-state index is -1.59. The van der Waals surface area contributed by atoms with Crippen LogP contribution in [-0.2, 0) is 28.8 Å². The molecule has 4 unspecified atom stereocenters. The third-order valence-corrected chi connectivity index (χ3v) is 3.92. The van der Waals surface area contributed by atoms with E-state index in [9.17, 15) is 33.9 Å². The molecule has 0 aromatic heterocycles. The minimum Gasteiger partial charge on any atom is -0.481 e. The quantitative estimate of drug-likeness (QED) is 0.114. The first kappa shape index (κ1) is 27.7. The van der Waals surface area contributed by atoms with Gasteiger partial charge in [-0.3, -0.25) is 24.0 Å². The van der Waals surface area contributed by atoms with Crippen LogP contribution in [0.1, 0.15) is 25.7 Å². The Morgan fingerprint density at radius 2 is 1.19 bits per heavy atom. The molecule has 0 aromatic carbocycles. The van der Waals surface area contributed by atoms with E-state index in [0.29, 0.717) is 0 Å². The van der Waals surface area contributed by atoms with Crippen molar-refractivity contribution in [3.8, 4) is 0 Å². The molecule has 176 valence electrons. The predicted octanol–water partition coefficient (Wildman–Crippen LogP) is -5.03. The van der Waals surface area contributed by atoms with Gasteiger partial charge in [-0.25, -0.2) is 4.79 Å². The molecule has 0 spiro atoms. The van der Waals surface area contributed by atoms with Crippen LogP contribution in [0.15, 0.2) is 0 Å². The van der Waals surface area contributed by atoms with Gasteiger partial charge in [-0.15, -0.1) is 0 Å². The number of rotatable bonds is 15. The fraction of sp³-hybridized carbons (Fsp3) is 0.625. The third-order valence-electron chi connectivity index (χ3n) is 3.92. The molecule has 0 radical (unpaired) electrons. The fourth-order valence-electron chi connectivity index (χ4n) is 2.18. The molecule has 0 aromatic rings. The number of hydrogen-bond acceptors (Lipinski definition) is 9. The third kappa shape index (κ3) is 10.9. The van der Waals surface area contributed by atoms with E-state index in [2.05, 4.69) is 10.6 Å². The second kappa shape index (κ2) is 13.8. The average molecular weight is 449 g/mol. The molecule has 0 saturated heterocycles. The first-order chi connectivity index (χ1) is 14.4. The van der Waals surface area contributed by atoms with Gasteiger partial charge in [0, 0.05) is 12.8 Å². The SMILES string of the molecule is NC(=O)CCC(NC(=O)C(CO)NC(=O)C(N)CO)C(=O)NC(CCC(=O)O)C(=O)O. The van der Waals surface area contributed by atoms with Gasteiger partial charge in [-0.1, -0.05) is 0 Å². The predicted molar refractivity (Wildman–Crippen MR) is 101 cm³/mol. The molecule has 0 rings (SSSR count). The molecule has 0 bridgehead atoms. The van der Waals surface area contributed by atoms with Crippen LogP contribution in [0, 0.1) is 0 Å². The number of aliphatic hydroxyl groups excluding tert-OH is 2. The summed E-state index contributed by atoms with van der Waals surface area (Å²) in [6, 6.07) is -6.03. The van der Waals surface area contributed by atoms with E-state index in [0.717, 1.165) is 0 Å². The molecule has 31 heavy (non-hydrogen) atoms. The Labute approximate surface area is 176 Å². The maximum atomic E-state index is 12.4. The second-order valence-electron chi connectivity index (χ2n) is 6.43. The highest BCUT2D eigenvalue weighted by Crippen LogP contribution is 2.03. The molecule has 0 aliphatic rings. The molecular weight excluding hydrogens is 422 g/mol. The van der Waals surface area contributed by atoms with Crippen LogP contribution in [0.5, 0.6) is 0 Å².